The van der Waals surface area contributed by atoms with Crippen molar-refractivity contribution in [3.05, 3.63) is 40.2 Å². The zero-order valence-electron chi connectivity index (χ0n) is 23.3. The molecule has 0 bridgehead atoms. The Hall–Kier alpha value is -3.74. The number of aliphatic hydroxyl groups is 3. The number of nitrogens with zero attached hydrogens (tertiary/aromatic N) is 2. The number of nitrogens with two attached hydrogens (primary N) is 1. The lowest BCUT2D eigenvalue weighted by Gasteiger charge is -2.50. The number of amides is 2. The third kappa shape index (κ3) is 4.50. The number of anilines is 1. The van der Waals surface area contributed by atoms with Crippen LogP contribution in [-0.4, -0.2) is 99.0 Å². The number of likely N-dealkylation sites (tertiary alicyclic amines) is 1. The molecule has 2 amide bonds. The van der Waals surface area contributed by atoms with Crippen LogP contribution in [0.25, 0.3) is 5.76 Å². The van der Waals surface area contributed by atoms with Gasteiger partial charge in [-0.05, 0) is 76.3 Å². The minimum absolute atomic E-state index is 0.0134. The molecule has 1 saturated carbocycles. The largest absolute Gasteiger partial charge is 0.508 e. The van der Waals surface area contributed by atoms with Gasteiger partial charge in [0.05, 0.1) is 23.8 Å². The summed E-state index contributed by atoms with van der Waals surface area (Å²) in [5.74, 6) is -6.84. The number of nitrogens with one attached hydrogen (secondary N) is 1. The van der Waals surface area contributed by atoms with Crippen LogP contribution in [0.5, 0.6) is 5.75 Å². The molecule has 1 aromatic carbocycles. The van der Waals surface area contributed by atoms with E-state index >= 15 is 0 Å². The van der Waals surface area contributed by atoms with Crippen molar-refractivity contribution in [2.45, 2.75) is 44.2 Å². The predicted molar refractivity (Wildman–Crippen MR) is 148 cm³/mol. The molecule has 1 heterocycles. The summed E-state index contributed by atoms with van der Waals surface area (Å²) >= 11 is 0. The van der Waals surface area contributed by atoms with Crippen LogP contribution in [0.1, 0.15) is 37.3 Å². The van der Waals surface area contributed by atoms with Gasteiger partial charge in [0.25, 0.3) is 5.91 Å². The minimum Gasteiger partial charge on any atom is -0.508 e. The SMILES string of the molecule is CC1CCN(CC(=O)Nc2ccc3c(c2O)C(O)=C2C(=O)C4(O)C(O)=C(C(N)=O)C(=O)[C@@H](N(C)C)C4CC2C3)CC1. The zero-order chi connectivity index (χ0) is 30.0. The number of phenolic OH excluding ortho intramolecular Hbond substituents is 1. The molecular weight excluding hydrogens is 532 g/mol. The number of hydrogen-bond acceptors (Lipinski definition) is 10. The van der Waals surface area contributed by atoms with E-state index in [1.807, 2.05) is 4.90 Å². The van der Waals surface area contributed by atoms with Crippen LogP contribution < -0.4 is 11.1 Å². The topological polar surface area (TPSA) is 194 Å². The van der Waals surface area contributed by atoms with Crippen LogP contribution in [0.15, 0.2) is 29.0 Å². The number of fused-ring (bicyclic) bond motifs is 3. The Bertz CT molecular complexity index is 1410. The van der Waals surface area contributed by atoms with E-state index in [2.05, 4.69) is 12.2 Å². The first-order valence-electron chi connectivity index (χ1n) is 13.8. The molecule has 0 spiro atoms. The molecule has 2 fully saturated rings. The number of primary amides is 1. The van der Waals surface area contributed by atoms with Crippen LogP contribution >= 0.6 is 0 Å². The number of piperidine rings is 1. The monoisotopic (exact) mass is 568 g/mol. The standard InChI is InChI=1S/C29H36N4O8/c1-13-6-8-33(9-7-13)12-18(34)31-17-5-4-14-10-15-11-16-22(32(2)3)25(37)21(28(30)40)27(39)29(16,41)26(38)20(15)24(36)19(14)23(17)35/h4-5,13,15-16,22,35-36,39,41H,6-12H2,1-3H3,(H2,30,40)(H,31,34)/t15?,16?,22-,29?/m0/s1. The number of likely N-dealkylation sites (N-methyl/N-ethyl adjacent to an activating group) is 1. The number of carbonyl (C=O) groups is 4. The highest BCUT2D eigenvalue weighted by atomic mass is 16.3. The van der Waals surface area contributed by atoms with Crippen molar-refractivity contribution in [2.24, 2.45) is 23.5 Å². The quantitative estimate of drug-likeness (QED) is 0.217. The second kappa shape index (κ2) is 10.3. The van der Waals surface area contributed by atoms with Crippen molar-refractivity contribution in [1.82, 2.24) is 9.80 Å². The van der Waals surface area contributed by atoms with Gasteiger partial charge in [0, 0.05) is 11.5 Å². The fourth-order valence-electron chi connectivity index (χ4n) is 6.93. The number of aromatic hydroxyl groups is 1. The first-order valence-corrected chi connectivity index (χ1v) is 13.8. The summed E-state index contributed by atoms with van der Waals surface area (Å²) in [7, 11) is 3.10. The minimum atomic E-state index is -2.70. The predicted octanol–water partition coefficient (Wildman–Crippen LogP) is 0.634. The normalized spacial score (nSPS) is 28.9. The summed E-state index contributed by atoms with van der Waals surface area (Å²) in [5, 5.41) is 47.8. The van der Waals surface area contributed by atoms with Crippen LogP contribution in [0.2, 0.25) is 0 Å². The van der Waals surface area contributed by atoms with Gasteiger partial charge in [-0.1, -0.05) is 13.0 Å². The second-order valence-electron chi connectivity index (χ2n) is 12.0. The first kappa shape index (κ1) is 28.8. The number of Topliss-reactive ketones (excluding diaryl/α,β-unsaturated/α-hetero) is 2. The fraction of sp³-hybridized carbons (Fsp3) is 0.517. The molecule has 3 unspecified atom stereocenters. The Labute approximate surface area is 237 Å². The van der Waals surface area contributed by atoms with E-state index in [4.69, 9.17) is 5.73 Å². The molecule has 4 aliphatic rings. The average Bonchev–Trinajstić information content (AvgIpc) is 2.89. The Kier molecular flexibility index (Phi) is 7.21. The lowest BCUT2D eigenvalue weighted by molar-refractivity contribution is -0.153. The molecule has 12 heteroatoms. The molecule has 41 heavy (non-hydrogen) atoms. The molecule has 12 nitrogen and oxygen atoms in total. The van der Waals surface area contributed by atoms with Crippen LogP contribution in [0.4, 0.5) is 5.69 Å². The maximum absolute atomic E-state index is 13.9. The Balaban J connectivity index is 1.51. The summed E-state index contributed by atoms with van der Waals surface area (Å²) in [6, 6.07) is 2.04. The van der Waals surface area contributed by atoms with Crippen LogP contribution in [-0.2, 0) is 25.6 Å². The number of phenols is 1. The van der Waals surface area contributed by atoms with Crippen molar-refractivity contribution in [3.8, 4) is 5.75 Å². The summed E-state index contributed by atoms with van der Waals surface area (Å²) in [6.07, 6.45) is 2.19. The third-order valence-electron chi connectivity index (χ3n) is 9.11. The highest BCUT2D eigenvalue weighted by molar-refractivity contribution is 6.24. The van der Waals surface area contributed by atoms with E-state index in [-0.39, 0.29) is 42.1 Å². The number of ketones is 2. The molecule has 7 N–H and O–H groups in total. The summed E-state index contributed by atoms with van der Waals surface area (Å²) in [4.78, 5) is 55.4. The van der Waals surface area contributed by atoms with Gasteiger partial charge >= 0.3 is 0 Å². The van der Waals surface area contributed by atoms with E-state index in [1.54, 1.807) is 20.2 Å². The lowest BCUT2D eigenvalue weighted by atomic mass is 9.57. The molecular formula is C29H36N4O8. The second-order valence-corrected chi connectivity index (χ2v) is 12.0. The smallest absolute Gasteiger partial charge is 0.255 e. The zero-order valence-corrected chi connectivity index (χ0v) is 23.3. The van der Waals surface area contributed by atoms with Gasteiger partial charge < -0.3 is 31.5 Å². The summed E-state index contributed by atoms with van der Waals surface area (Å²) in [6.45, 7) is 3.91. The third-order valence-corrected chi connectivity index (χ3v) is 9.11. The molecule has 0 radical (unpaired) electrons. The molecule has 0 aromatic heterocycles. The van der Waals surface area contributed by atoms with Crippen molar-refractivity contribution < 1.29 is 39.6 Å². The number of benzene rings is 1. The maximum Gasteiger partial charge on any atom is 0.255 e. The number of hydrogen-bond donors (Lipinski definition) is 6. The van der Waals surface area contributed by atoms with E-state index < -0.39 is 63.8 Å². The van der Waals surface area contributed by atoms with Crippen molar-refractivity contribution in [3.63, 3.8) is 0 Å². The number of rotatable bonds is 5. The van der Waals surface area contributed by atoms with E-state index in [0.29, 0.717) is 11.5 Å². The first-order chi connectivity index (χ1) is 19.3. The van der Waals surface area contributed by atoms with Crippen LogP contribution in [0, 0.1) is 17.8 Å². The Morgan fingerprint density at radius 3 is 2.41 bits per heavy atom. The van der Waals surface area contributed by atoms with Crippen LogP contribution in [0.3, 0.4) is 0 Å². The van der Waals surface area contributed by atoms with Gasteiger partial charge in [-0.25, -0.2) is 0 Å². The van der Waals surface area contributed by atoms with Crippen molar-refractivity contribution >= 4 is 34.8 Å². The molecule has 220 valence electrons. The van der Waals surface area contributed by atoms with E-state index in [9.17, 15) is 39.6 Å². The fourth-order valence-corrected chi connectivity index (χ4v) is 6.93. The van der Waals surface area contributed by atoms with Gasteiger partial charge in [0.15, 0.2) is 11.4 Å². The number of carbonyl (C=O) groups excluding carboxylic acids is 4. The maximum atomic E-state index is 13.9. The molecule has 1 aliphatic heterocycles. The van der Waals surface area contributed by atoms with E-state index in [0.717, 1.165) is 25.9 Å². The van der Waals surface area contributed by atoms with Crippen molar-refractivity contribution in [1.29, 1.82) is 0 Å². The van der Waals surface area contributed by atoms with Gasteiger partial charge in [-0.15, -0.1) is 0 Å². The Morgan fingerprint density at radius 1 is 1.15 bits per heavy atom. The molecule has 1 saturated heterocycles. The Morgan fingerprint density at radius 2 is 1.80 bits per heavy atom. The van der Waals surface area contributed by atoms with Gasteiger partial charge in [-0.3, -0.25) is 29.0 Å². The summed E-state index contributed by atoms with van der Waals surface area (Å²) in [5.41, 5.74) is 2.06. The molecule has 5 rings (SSSR count). The average molecular weight is 569 g/mol. The number of aliphatic hydroxyl groups excluding tert-OH is 2. The van der Waals surface area contributed by atoms with Gasteiger partial charge in [-0.2, -0.15) is 0 Å². The van der Waals surface area contributed by atoms with Gasteiger partial charge in [0.2, 0.25) is 11.7 Å². The van der Waals surface area contributed by atoms with Crippen molar-refractivity contribution in [2.75, 3.05) is 39.0 Å². The summed E-state index contributed by atoms with van der Waals surface area (Å²) < 4.78 is 0. The molecule has 3 aliphatic carbocycles. The highest BCUT2D eigenvalue weighted by Gasteiger charge is 2.64. The molecule has 1 aromatic rings. The lowest BCUT2D eigenvalue weighted by Crippen LogP contribution is -2.65. The highest BCUT2D eigenvalue weighted by Crippen LogP contribution is 2.53. The van der Waals surface area contributed by atoms with Gasteiger partial charge in [0.1, 0.15) is 22.8 Å². The molecule has 4 atom stereocenters. The van der Waals surface area contributed by atoms with E-state index in [1.165, 1.54) is 11.0 Å².